The number of aliphatic carboxylic acids is 1. The Kier molecular flexibility index (Phi) is 7.14. The van der Waals surface area contributed by atoms with Crippen LogP contribution < -0.4 is 0 Å². The number of nitrogens with zero attached hydrogens (tertiary/aromatic N) is 1. The van der Waals surface area contributed by atoms with Gasteiger partial charge >= 0.3 is 5.97 Å². The zero-order valence-corrected chi connectivity index (χ0v) is 15.6. The van der Waals surface area contributed by atoms with Crippen LogP contribution >= 0.6 is 0 Å². The van der Waals surface area contributed by atoms with Gasteiger partial charge in [0.25, 0.3) is 0 Å². The summed E-state index contributed by atoms with van der Waals surface area (Å²) in [6, 6.07) is 2.51. The zero-order chi connectivity index (χ0) is 17.6. The lowest BCUT2D eigenvalue weighted by Gasteiger charge is -2.43. The van der Waals surface area contributed by atoms with Crippen LogP contribution in [0.1, 0.15) is 90.9 Å². The van der Waals surface area contributed by atoms with Crippen LogP contribution in [0.25, 0.3) is 0 Å². The van der Waals surface area contributed by atoms with Gasteiger partial charge in [0.15, 0.2) is 0 Å². The van der Waals surface area contributed by atoms with Crippen molar-refractivity contribution in [1.82, 2.24) is 0 Å². The SMILES string of the molecule is CCCCC1CCC(C2CCC(C#N)([C@@H](C)CC(=O)O)CC2)CC1. The van der Waals surface area contributed by atoms with E-state index in [9.17, 15) is 10.1 Å². The summed E-state index contributed by atoms with van der Waals surface area (Å²) in [5.41, 5.74) is -0.396. The van der Waals surface area contributed by atoms with E-state index in [2.05, 4.69) is 13.0 Å². The Morgan fingerprint density at radius 3 is 2.25 bits per heavy atom. The molecule has 136 valence electrons. The van der Waals surface area contributed by atoms with E-state index >= 15 is 0 Å². The van der Waals surface area contributed by atoms with E-state index in [-0.39, 0.29) is 12.3 Å². The molecule has 2 aliphatic carbocycles. The first-order valence-electron chi connectivity index (χ1n) is 10.1. The van der Waals surface area contributed by atoms with Gasteiger partial charge in [0.2, 0.25) is 0 Å². The highest BCUT2D eigenvalue weighted by Crippen LogP contribution is 2.49. The number of nitriles is 1. The van der Waals surface area contributed by atoms with Crippen molar-refractivity contribution in [2.24, 2.45) is 29.1 Å². The number of carboxylic acids is 1. The van der Waals surface area contributed by atoms with Crippen LogP contribution in [0.15, 0.2) is 0 Å². The first kappa shape index (κ1) is 19.3. The first-order chi connectivity index (χ1) is 11.5. The summed E-state index contributed by atoms with van der Waals surface area (Å²) in [5.74, 6) is 1.78. The number of carbonyl (C=O) groups is 1. The summed E-state index contributed by atoms with van der Waals surface area (Å²) >= 11 is 0. The predicted molar refractivity (Wildman–Crippen MR) is 96.4 cm³/mol. The Bertz CT molecular complexity index is 437. The van der Waals surface area contributed by atoms with Crippen LogP contribution in [0.2, 0.25) is 0 Å². The van der Waals surface area contributed by atoms with Crippen molar-refractivity contribution >= 4 is 5.97 Å². The van der Waals surface area contributed by atoms with E-state index in [0.29, 0.717) is 0 Å². The minimum atomic E-state index is -0.773. The lowest BCUT2D eigenvalue weighted by molar-refractivity contribution is -0.139. The van der Waals surface area contributed by atoms with Gasteiger partial charge in [-0.3, -0.25) is 4.79 Å². The van der Waals surface area contributed by atoms with Gasteiger partial charge in [0.1, 0.15) is 0 Å². The smallest absolute Gasteiger partial charge is 0.303 e. The highest BCUT2D eigenvalue weighted by Gasteiger charge is 2.42. The maximum absolute atomic E-state index is 11.0. The van der Waals surface area contributed by atoms with Gasteiger partial charge in [-0.25, -0.2) is 0 Å². The Morgan fingerprint density at radius 1 is 1.17 bits per heavy atom. The van der Waals surface area contributed by atoms with Gasteiger partial charge < -0.3 is 5.11 Å². The quantitative estimate of drug-likeness (QED) is 0.641. The normalized spacial score (nSPS) is 35.1. The van der Waals surface area contributed by atoms with Crippen molar-refractivity contribution < 1.29 is 9.90 Å². The van der Waals surface area contributed by atoms with Gasteiger partial charge in [0, 0.05) is 6.42 Å². The fraction of sp³-hybridized carbons (Fsp3) is 0.905. The summed E-state index contributed by atoms with van der Waals surface area (Å²) in [7, 11) is 0. The lowest BCUT2D eigenvalue weighted by atomic mass is 9.60. The van der Waals surface area contributed by atoms with E-state index in [1.807, 2.05) is 6.92 Å². The molecule has 0 saturated heterocycles. The molecule has 2 fully saturated rings. The molecule has 24 heavy (non-hydrogen) atoms. The summed E-state index contributed by atoms with van der Waals surface area (Å²) in [6.07, 6.45) is 13.9. The summed E-state index contributed by atoms with van der Waals surface area (Å²) in [6.45, 7) is 4.23. The third-order valence-corrected chi connectivity index (χ3v) is 7.09. The van der Waals surface area contributed by atoms with Gasteiger partial charge in [-0.05, 0) is 62.2 Å². The molecule has 1 atom stereocenters. The third-order valence-electron chi connectivity index (χ3n) is 7.09. The van der Waals surface area contributed by atoms with Crippen molar-refractivity contribution in [2.75, 3.05) is 0 Å². The number of rotatable bonds is 7. The first-order valence-corrected chi connectivity index (χ1v) is 10.1. The molecule has 3 heteroatoms. The van der Waals surface area contributed by atoms with Crippen LogP contribution in [-0.4, -0.2) is 11.1 Å². The molecule has 2 rings (SSSR count). The molecule has 0 aromatic rings. The van der Waals surface area contributed by atoms with Gasteiger partial charge in [-0.15, -0.1) is 0 Å². The molecule has 0 spiro atoms. The van der Waals surface area contributed by atoms with Crippen molar-refractivity contribution in [3.05, 3.63) is 0 Å². The Hall–Kier alpha value is -1.04. The lowest BCUT2D eigenvalue weighted by Crippen LogP contribution is -2.36. The minimum Gasteiger partial charge on any atom is -0.481 e. The van der Waals surface area contributed by atoms with E-state index in [1.54, 1.807) is 0 Å². The van der Waals surface area contributed by atoms with Crippen LogP contribution in [0.3, 0.4) is 0 Å². The summed E-state index contributed by atoms with van der Waals surface area (Å²) in [5, 5.41) is 18.8. The van der Waals surface area contributed by atoms with Crippen molar-refractivity contribution in [2.45, 2.75) is 90.9 Å². The average Bonchev–Trinajstić information content (AvgIpc) is 2.60. The van der Waals surface area contributed by atoms with Crippen molar-refractivity contribution in [1.29, 1.82) is 5.26 Å². The molecule has 0 aromatic carbocycles. The minimum absolute atomic E-state index is 0.0364. The van der Waals surface area contributed by atoms with Gasteiger partial charge in [-0.1, -0.05) is 46.0 Å². The van der Waals surface area contributed by atoms with E-state index < -0.39 is 11.4 Å². The molecule has 0 aliphatic heterocycles. The maximum atomic E-state index is 11.0. The number of carboxylic acid groups (broad SMARTS) is 1. The molecule has 2 saturated carbocycles. The molecule has 0 unspecified atom stereocenters. The second-order valence-electron chi connectivity index (χ2n) is 8.53. The number of hydrogen-bond acceptors (Lipinski definition) is 2. The van der Waals surface area contributed by atoms with Crippen LogP contribution in [0, 0.1) is 40.4 Å². The third kappa shape index (κ3) is 4.74. The Morgan fingerprint density at radius 2 is 1.75 bits per heavy atom. The second kappa shape index (κ2) is 8.88. The highest BCUT2D eigenvalue weighted by molar-refractivity contribution is 5.67. The highest BCUT2D eigenvalue weighted by atomic mass is 16.4. The fourth-order valence-corrected chi connectivity index (χ4v) is 5.24. The average molecular weight is 334 g/mol. The second-order valence-corrected chi connectivity index (χ2v) is 8.53. The maximum Gasteiger partial charge on any atom is 0.303 e. The monoisotopic (exact) mass is 333 g/mol. The Balaban J connectivity index is 1.82. The molecule has 3 nitrogen and oxygen atoms in total. The molecular weight excluding hydrogens is 298 g/mol. The molecule has 1 N–H and O–H groups in total. The largest absolute Gasteiger partial charge is 0.481 e. The van der Waals surface area contributed by atoms with Gasteiger partial charge in [0.05, 0.1) is 11.5 Å². The van der Waals surface area contributed by atoms with E-state index in [4.69, 9.17) is 5.11 Å². The molecule has 0 bridgehead atoms. The molecule has 2 aliphatic rings. The number of unbranched alkanes of at least 4 members (excludes halogenated alkanes) is 1. The van der Waals surface area contributed by atoms with Crippen molar-refractivity contribution in [3.8, 4) is 6.07 Å². The van der Waals surface area contributed by atoms with Crippen molar-refractivity contribution in [3.63, 3.8) is 0 Å². The number of hydrogen-bond donors (Lipinski definition) is 1. The van der Waals surface area contributed by atoms with Crippen LogP contribution in [0.5, 0.6) is 0 Å². The molecular formula is C21H35NO2. The fourth-order valence-electron chi connectivity index (χ4n) is 5.24. The molecule has 0 amide bonds. The van der Waals surface area contributed by atoms with Gasteiger partial charge in [-0.2, -0.15) is 5.26 Å². The predicted octanol–water partition coefficient (Wildman–Crippen LogP) is 5.79. The molecule has 0 radical (unpaired) electrons. The van der Waals surface area contributed by atoms with Crippen LogP contribution in [-0.2, 0) is 4.79 Å². The summed E-state index contributed by atoms with van der Waals surface area (Å²) in [4.78, 5) is 11.0. The van der Waals surface area contributed by atoms with E-state index in [0.717, 1.165) is 43.4 Å². The zero-order valence-electron chi connectivity index (χ0n) is 15.6. The van der Waals surface area contributed by atoms with Crippen LogP contribution in [0.4, 0.5) is 0 Å². The topological polar surface area (TPSA) is 61.1 Å². The Labute approximate surface area is 147 Å². The van der Waals surface area contributed by atoms with E-state index in [1.165, 1.54) is 44.9 Å². The standard InChI is InChI=1S/C21H35NO2/c1-3-4-5-17-6-8-18(9-7-17)19-10-12-21(15-22,13-11-19)16(2)14-20(23)24/h16-19H,3-14H2,1-2H3,(H,23,24)/t16-,17?,18?,19?,21?/m0/s1. The molecule has 0 heterocycles. The summed E-state index contributed by atoms with van der Waals surface area (Å²) < 4.78 is 0. The molecule has 0 aromatic heterocycles.